The maximum atomic E-state index is 12.5. The zero-order valence-corrected chi connectivity index (χ0v) is 15.3. The third-order valence-electron chi connectivity index (χ3n) is 5.20. The molecule has 0 aromatic heterocycles. The molecule has 4 atom stereocenters. The van der Waals surface area contributed by atoms with Crippen molar-refractivity contribution >= 4 is 25.2 Å². The summed E-state index contributed by atoms with van der Waals surface area (Å²) < 4.78 is 10.6. The molecule has 2 aliphatic rings. The minimum atomic E-state index is -3.87. The second-order valence-electron chi connectivity index (χ2n) is 6.75. The Morgan fingerprint density at radius 3 is 2.58 bits per heavy atom. The minimum absolute atomic E-state index is 0.171. The molecule has 142 valence electrons. The summed E-state index contributed by atoms with van der Waals surface area (Å²) in [7, 11) is -1.96. The number of rotatable bonds is 6. The number of carbonyl (C=O) groups excluding carboxylic acids is 1. The van der Waals surface area contributed by atoms with Gasteiger partial charge >= 0.3 is 19.9 Å². The maximum absolute atomic E-state index is 12.5. The Labute approximate surface area is 151 Å². The SMILES string of the molecule is CN1C2CCC1[C@@H](C(=O)OCC(=O)O)[C@@H](O[P+](O)(O)c1ccccc1)C2. The lowest BCUT2D eigenvalue weighted by Crippen LogP contribution is -2.53. The molecular formula is C17H23NO7P+. The first-order valence-electron chi connectivity index (χ1n) is 8.48. The van der Waals surface area contributed by atoms with E-state index in [2.05, 4.69) is 4.90 Å². The first-order valence-corrected chi connectivity index (χ1v) is 10.1. The van der Waals surface area contributed by atoms with E-state index in [4.69, 9.17) is 14.4 Å². The van der Waals surface area contributed by atoms with Crippen molar-refractivity contribution in [1.82, 2.24) is 4.90 Å². The number of nitrogens with zero attached hydrogens (tertiary/aromatic N) is 1. The third kappa shape index (κ3) is 3.89. The Balaban J connectivity index is 1.81. The number of aliphatic carboxylic acids is 1. The molecule has 2 bridgehead atoms. The van der Waals surface area contributed by atoms with Gasteiger partial charge in [-0.2, -0.15) is 14.3 Å². The van der Waals surface area contributed by atoms with Crippen LogP contribution in [0.1, 0.15) is 19.3 Å². The monoisotopic (exact) mass is 384 g/mol. The quantitative estimate of drug-likeness (QED) is 0.481. The Morgan fingerprint density at radius 2 is 1.92 bits per heavy atom. The molecule has 3 rings (SSSR count). The van der Waals surface area contributed by atoms with Gasteiger partial charge in [0.1, 0.15) is 12.0 Å². The fourth-order valence-corrected chi connectivity index (χ4v) is 5.22. The lowest BCUT2D eigenvalue weighted by Gasteiger charge is -2.40. The number of ether oxygens (including phenoxy) is 1. The third-order valence-corrected chi connectivity index (χ3v) is 6.73. The highest BCUT2D eigenvalue weighted by atomic mass is 31.2. The number of carboxylic acid groups (broad SMARTS) is 1. The summed E-state index contributed by atoms with van der Waals surface area (Å²) in [6.07, 6.45) is 1.34. The van der Waals surface area contributed by atoms with E-state index in [1.165, 1.54) is 0 Å². The summed E-state index contributed by atoms with van der Waals surface area (Å²) in [6.45, 7) is -0.723. The van der Waals surface area contributed by atoms with Crippen LogP contribution in [0.3, 0.4) is 0 Å². The number of hydrogen-bond acceptors (Lipinski definition) is 7. The lowest BCUT2D eigenvalue weighted by molar-refractivity contribution is -0.164. The molecule has 2 heterocycles. The van der Waals surface area contributed by atoms with Gasteiger partial charge in [0.25, 0.3) is 0 Å². The van der Waals surface area contributed by atoms with Crippen LogP contribution < -0.4 is 5.30 Å². The average Bonchev–Trinajstić information content (AvgIpc) is 2.84. The van der Waals surface area contributed by atoms with Crippen LogP contribution in [0.25, 0.3) is 0 Å². The summed E-state index contributed by atoms with van der Waals surface area (Å²) >= 11 is 0. The second-order valence-corrected chi connectivity index (χ2v) is 8.57. The molecule has 2 aliphatic heterocycles. The second kappa shape index (κ2) is 7.58. The van der Waals surface area contributed by atoms with Crippen LogP contribution in [0.2, 0.25) is 0 Å². The van der Waals surface area contributed by atoms with Crippen molar-refractivity contribution in [3.05, 3.63) is 30.3 Å². The summed E-state index contributed by atoms with van der Waals surface area (Å²) in [5.74, 6) is -2.68. The van der Waals surface area contributed by atoms with Crippen molar-refractivity contribution in [1.29, 1.82) is 0 Å². The molecule has 0 saturated carbocycles. The largest absolute Gasteiger partial charge is 0.479 e. The number of carbonyl (C=O) groups is 2. The van der Waals surface area contributed by atoms with Gasteiger partial charge in [-0.3, -0.25) is 9.69 Å². The fourth-order valence-electron chi connectivity index (χ4n) is 3.94. The Morgan fingerprint density at radius 1 is 1.23 bits per heavy atom. The van der Waals surface area contributed by atoms with Crippen molar-refractivity contribution in [2.45, 2.75) is 37.5 Å². The molecule has 9 heteroatoms. The molecule has 0 radical (unpaired) electrons. The molecule has 26 heavy (non-hydrogen) atoms. The summed E-state index contributed by atoms with van der Waals surface area (Å²) in [6, 6.07) is 8.25. The molecular weight excluding hydrogens is 361 g/mol. The van der Waals surface area contributed by atoms with Gasteiger partial charge in [-0.15, -0.1) is 0 Å². The van der Waals surface area contributed by atoms with Crippen LogP contribution in [0.15, 0.2) is 30.3 Å². The van der Waals surface area contributed by atoms with Gasteiger partial charge in [-0.1, -0.05) is 18.2 Å². The topological polar surface area (TPSA) is 117 Å². The van der Waals surface area contributed by atoms with Gasteiger partial charge < -0.3 is 9.84 Å². The van der Waals surface area contributed by atoms with E-state index in [9.17, 15) is 19.4 Å². The molecule has 2 saturated heterocycles. The molecule has 2 fully saturated rings. The zero-order chi connectivity index (χ0) is 18.9. The van der Waals surface area contributed by atoms with Crippen molar-refractivity contribution in [3.8, 4) is 0 Å². The molecule has 0 amide bonds. The van der Waals surface area contributed by atoms with Crippen LogP contribution in [-0.2, 0) is 18.8 Å². The number of benzene rings is 1. The summed E-state index contributed by atoms with van der Waals surface area (Å²) in [5, 5.41) is 9.02. The Kier molecular flexibility index (Phi) is 5.60. The van der Waals surface area contributed by atoms with Crippen molar-refractivity contribution in [2.24, 2.45) is 5.92 Å². The van der Waals surface area contributed by atoms with Crippen LogP contribution in [0.5, 0.6) is 0 Å². The average molecular weight is 384 g/mol. The van der Waals surface area contributed by atoms with Gasteiger partial charge in [0.05, 0.1) is 0 Å². The highest BCUT2D eigenvalue weighted by Gasteiger charge is 2.55. The smallest absolute Gasteiger partial charge is 0.443 e. The first kappa shape index (κ1) is 19.2. The van der Waals surface area contributed by atoms with E-state index in [1.54, 1.807) is 30.3 Å². The molecule has 8 nitrogen and oxygen atoms in total. The van der Waals surface area contributed by atoms with Crippen LogP contribution >= 0.6 is 7.94 Å². The van der Waals surface area contributed by atoms with Crippen molar-refractivity contribution < 1.29 is 33.7 Å². The van der Waals surface area contributed by atoms with Crippen LogP contribution in [0.4, 0.5) is 0 Å². The van der Waals surface area contributed by atoms with Gasteiger partial charge in [0.15, 0.2) is 11.9 Å². The minimum Gasteiger partial charge on any atom is -0.479 e. The first-order chi connectivity index (χ1) is 12.3. The number of piperidine rings is 1. The number of carboxylic acids is 1. The normalized spacial score (nSPS) is 28.7. The van der Waals surface area contributed by atoms with E-state index in [0.29, 0.717) is 6.42 Å². The Hall–Kier alpha value is -1.57. The summed E-state index contributed by atoms with van der Waals surface area (Å²) in [5.41, 5.74) is 0. The van der Waals surface area contributed by atoms with Gasteiger partial charge in [-0.05, 0) is 38.4 Å². The Bertz CT molecular complexity index is 668. The highest BCUT2D eigenvalue weighted by Crippen LogP contribution is 2.54. The van der Waals surface area contributed by atoms with E-state index >= 15 is 0 Å². The van der Waals surface area contributed by atoms with Gasteiger partial charge in [-0.25, -0.2) is 4.79 Å². The van der Waals surface area contributed by atoms with E-state index < -0.39 is 38.5 Å². The van der Waals surface area contributed by atoms with Crippen molar-refractivity contribution in [3.63, 3.8) is 0 Å². The molecule has 1 aromatic carbocycles. The van der Waals surface area contributed by atoms with E-state index in [-0.39, 0.29) is 17.4 Å². The van der Waals surface area contributed by atoms with Gasteiger partial charge in [0.2, 0.25) is 0 Å². The van der Waals surface area contributed by atoms with Crippen LogP contribution in [-0.4, -0.2) is 63.6 Å². The molecule has 0 spiro atoms. The highest BCUT2D eigenvalue weighted by molar-refractivity contribution is 7.67. The molecule has 2 unspecified atom stereocenters. The predicted molar refractivity (Wildman–Crippen MR) is 93.6 cm³/mol. The molecule has 1 aromatic rings. The zero-order valence-electron chi connectivity index (χ0n) is 14.4. The number of hydrogen-bond donors (Lipinski definition) is 3. The summed E-state index contributed by atoms with van der Waals surface area (Å²) in [4.78, 5) is 46.3. The number of fused-ring (bicyclic) bond motifs is 2. The molecule has 0 aliphatic carbocycles. The predicted octanol–water partition coefficient (Wildman–Crippen LogP) is 0.555. The van der Waals surface area contributed by atoms with E-state index in [0.717, 1.165) is 12.8 Å². The van der Waals surface area contributed by atoms with Gasteiger partial charge in [0, 0.05) is 12.1 Å². The standard InChI is InChI=1S/C17H22NO7P/c1-18-11-7-8-13(18)16(17(21)24-10-15(19)20)14(9-11)25-26(22,23)12-5-3-2-4-6-12/h2-6,11,13-14,16,22-23H,7-10H2,1H3/p+1/t11?,13?,14-,16+/m0/s1. The van der Waals surface area contributed by atoms with Crippen molar-refractivity contribution in [2.75, 3.05) is 13.7 Å². The van der Waals surface area contributed by atoms with Crippen LogP contribution in [0, 0.1) is 5.92 Å². The molecule has 3 N–H and O–H groups in total. The maximum Gasteiger partial charge on any atom is 0.443 e. The fraction of sp³-hybridized carbons (Fsp3) is 0.529. The van der Waals surface area contributed by atoms with E-state index in [1.807, 2.05) is 7.05 Å². The number of esters is 1. The lowest BCUT2D eigenvalue weighted by atomic mass is 9.88.